The number of hydrogen-bond donors (Lipinski definition) is 1. The maximum absolute atomic E-state index is 10.5. The molecule has 72 valence electrons. The minimum atomic E-state index is -4.53. The summed E-state index contributed by atoms with van der Waals surface area (Å²) in [5, 5.41) is 0. The molecule has 1 aromatic carbocycles. The molecule has 0 saturated carbocycles. The maximum Gasteiger partial charge on any atom is 0.114 e. The van der Waals surface area contributed by atoms with Crippen LogP contribution in [0.4, 0.5) is 0 Å². The van der Waals surface area contributed by atoms with E-state index in [1.807, 2.05) is 6.07 Å². The van der Waals surface area contributed by atoms with Crippen molar-refractivity contribution in [3.05, 3.63) is 35.9 Å². The molecule has 0 heterocycles. The second kappa shape index (κ2) is 4.03. The Bertz CT molecular complexity index is 308. The molecule has 1 atom stereocenters. The van der Waals surface area contributed by atoms with E-state index in [0.29, 0.717) is 0 Å². The lowest BCUT2D eigenvalue weighted by Crippen LogP contribution is -2.64. The van der Waals surface area contributed by atoms with Crippen molar-refractivity contribution in [1.29, 1.82) is 0 Å². The molecule has 1 rings (SSSR count). The summed E-state index contributed by atoms with van der Waals surface area (Å²) in [6, 6.07) is 8.96. The van der Waals surface area contributed by atoms with Crippen molar-refractivity contribution in [2.45, 2.75) is 12.2 Å². The molecular weight excluding hydrogens is 189 g/mol. The highest BCUT2D eigenvalue weighted by Crippen LogP contribution is 2.28. The number of hydrogen-bond acceptors (Lipinski definition) is 3. The van der Waals surface area contributed by atoms with Crippen molar-refractivity contribution in [2.24, 2.45) is 0 Å². The second-order valence-corrected chi connectivity index (χ2v) is 4.69. The highest BCUT2D eigenvalue weighted by molar-refractivity contribution is 7.49. The lowest BCUT2D eigenvalue weighted by molar-refractivity contribution is -0.429. The molecule has 0 aliphatic rings. The van der Waals surface area contributed by atoms with E-state index in [4.69, 9.17) is 0 Å². The predicted molar refractivity (Wildman–Crippen MR) is 44.4 cm³/mol. The van der Waals surface area contributed by atoms with E-state index in [1.165, 1.54) is 0 Å². The van der Waals surface area contributed by atoms with Crippen LogP contribution in [-0.4, -0.2) is 5.78 Å². The fraction of sp³-hybridized carbons (Fsp3) is 0.250. The van der Waals surface area contributed by atoms with Crippen LogP contribution in [0.25, 0.3) is 0 Å². The molecule has 0 fully saturated rings. The third-order valence-corrected chi connectivity index (χ3v) is 2.84. The summed E-state index contributed by atoms with van der Waals surface area (Å²) in [5.74, 6) is -1.07. The average molecular weight is 200 g/mol. The highest BCUT2D eigenvalue weighted by atomic mass is 31.2. The smallest absolute Gasteiger partial charge is 0.114 e. The Morgan fingerprint density at radius 2 is 1.85 bits per heavy atom. The molecule has 0 spiro atoms. The van der Waals surface area contributed by atoms with E-state index in [1.54, 1.807) is 24.3 Å². The van der Waals surface area contributed by atoms with Crippen molar-refractivity contribution < 1.29 is 20.1 Å². The van der Waals surface area contributed by atoms with Gasteiger partial charge in [-0.3, -0.25) is 0 Å². The van der Waals surface area contributed by atoms with Crippen LogP contribution >= 0.6 is 7.60 Å². The van der Waals surface area contributed by atoms with Crippen LogP contribution in [0.15, 0.2) is 30.3 Å². The van der Waals surface area contributed by atoms with Crippen molar-refractivity contribution in [2.75, 3.05) is 0 Å². The van der Waals surface area contributed by atoms with Crippen LogP contribution in [-0.2, 0) is 11.0 Å². The Kier molecular flexibility index (Phi) is 3.22. The van der Waals surface area contributed by atoms with Gasteiger partial charge in [0.05, 0.1) is 0 Å². The van der Waals surface area contributed by atoms with Crippen LogP contribution in [0, 0.1) is 0 Å². The fourth-order valence-corrected chi connectivity index (χ4v) is 1.43. The largest absolute Gasteiger partial charge is 0.807 e. The van der Waals surface area contributed by atoms with Gasteiger partial charge in [0.2, 0.25) is 0 Å². The van der Waals surface area contributed by atoms with E-state index in [2.05, 4.69) is 5.73 Å². The molecular formula is C8H11NO3P-. The zero-order valence-corrected chi connectivity index (χ0v) is 7.94. The fourth-order valence-electron chi connectivity index (χ4n) is 0.998. The summed E-state index contributed by atoms with van der Waals surface area (Å²) >= 11 is 0. The Balaban J connectivity index is 2.66. The normalized spacial score (nSPS) is 14.1. The van der Waals surface area contributed by atoms with Gasteiger partial charge in [0.25, 0.3) is 0 Å². The zero-order chi connectivity index (χ0) is 9.90. The Labute approximate surface area is 76.6 Å². The Morgan fingerprint density at radius 3 is 2.31 bits per heavy atom. The molecule has 0 radical (unpaired) electrons. The minimum Gasteiger partial charge on any atom is -0.807 e. The van der Waals surface area contributed by atoms with Gasteiger partial charge in [-0.2, -0.15) is 0 Å². The van der Waals surface area contributed by atoms with E-state index >= 15 is 0 Å². The molecule has 0 amide bonds. The summed E-state index contributed by atoms with van der Waals surface area (Å²) < 4.78 is 10.5. The minimum absolute atomic E-state index is 0.186. The molecule has 0 aromatic heterocycles. The molecule has 1 aromatic rings. The van der Waals surface area contributed by atoms with Gasteiger partial charge in [-0.05, 0) is 13.2 Å². The van der Waals surface area contributed by atoms with E-state index in [-0.39, 0.29) is 6.42 Å². The summed E-state index contributed by atoms with van der Waals surface area (Å²) in [6.07, 6.45) is 0.186. The first-order valence-corrected chi connectivity index (χ1v) is 5.50. The molecule has 0 aliphatic heterocycles. The van der Waals surface area contributed by atoms with Crippen LogP contribution in [0.2, 0.25) is 0 Å². The molecule has 4 nitrogen and oxygen atoms in total. The number of rotatable bonds is 3. The van der Waals surface area contributed by atoms with Crippen molar-refractivity contribution in [1.82, 2.24) is 0 Å². The van der Waals surface area contributed by atoms with Crippen LogP contribution < -0.4 is 15.5 Å². The van der Waals surface area contributed by atoms with E-state index in [0.717, 1.165) is 5.56 Å². The number of benzene rings is 1. The molecule has 0 aliphatic carbocycles. The zero-order valence-electron chi connectivity index (χ0n) is 7.05. The molecule has 0 bridgehead atoms. The van der Waals surface area contributed by atoms with Crippen molar-refractivity contribution >= 4 is 7.60 Å². The van der Waals surface area contributed by atoms with Gasteiger partial charge < -0.3 is 20.1 Å². The van der Waals surface area contributed by atoms with Gasteiger partial charge >= 0.3 is 0 Å². The molecule has 3 N–H and O–H groups in total. The topological polar surface area (TPSA) is 90.8 Å². The van der Waals surface area contributed by atoms with Crippen molar-refractivity contribution in [3.63, 3.8) is 0 Å². The summed E-state index contributed by atoms with van der Waals surface area (Å²) in [7, 11) is -4.53. The quantitative estimate of drug-likeness (QED) is 0.615. The van der Waals surface area contributed by atoms with Gasteiger partial charge in [0.1, 0.15) is 5.78 Å². The monoisotopic (exact) mass is 200 g/mol. The lowest BCUT2D eigenvalue weighted by atomic mass is 10.2. The lowest BCUT2D eigenvalue weighted by Gasteiger charge is -2.32. The second-order valence-electron chi connectivity index (χ2n) is 2.88. The first-order valence-electron chi connectivity index (χ1n) is 3.89. The van der Waals surface area contributed by atoms with Crippen molar-refractivity contribution in [3.8, 4) is 0 Å². The SMILES string of the molecule is [NH3+][C@H](Cc1ccccc1)P(=O)([O-])[O-]. The van der Waals surface area contributed by atoms with E-state index < -0.39 is 13.4 Å². The van der Waals surface area contributed by atoms with Gasteiger partial charge in [-0.15, -0.1) is 0 Å². The van der Waals surface area contributed by atoms with Gasteiger partial charge in [-0.1, -0.05) is 30.3 Å². The van der Waals surface area contributed by atoms with E-state index in [9.17, 15) is 14.4 Å². The van der Waals surface area contributed by atoms with Crippen LogP contribution in [0.3, 0.4) is 0 Å². The molecule has 0 saturated heterocycles. The van der Waals surface area contributed by atoms with Crippen LogP contribution in [0.5, 0.6) is 0 Å². The standard InChI is InChI=1S/C8H12NO3P/c9-8(13(10,11)12)6-7-4-2-1-3-5-7/h1-5,8H,6,9H2,(H2,10,11,12)/p-1/t8-/m0/s1. The maximum atomic E-state index is 10.5. The summed E-state index contributed by atoms with van der Waals surface area (Å²) in [6.45, 7) is 0. The number of quaternary nitrogens is 1. The van der Waals surface area contributed by atoms with Gasteiger partial charge in [0.15, 0.2) is 0 Å². The third-order valence-electron chi connectivity index (χ3n) is 1.76. The Hall–Kier alpha value is -0.670. The first kappa shape index (κ1) is 10.4. The molecule has 5 heteroatoms. The highest BCUT2D eigenvalue weighted by Gasteiger charge is 2.10. The summed E-state index contributed by atoms with van der Waals surface area (Å²) in [4.78, 5) is 21.1. The molecule has 13 heavy (non-hydrogen) atoms. The van der Waals surface area contributed by atoms with Gasteiger partial charge in [0, 0.05) is 6.42 Å². The van der Waals surface area contributed by atoms with Gasteiger partial charge in [-0.25, -0.2) is 0 Å². The summed E-state index contributed by atoms with van der Waals surface area (Å²) in [5.41, 5.74) is 4.13. The predicted octanol–water partition coefficient (Wildman–Crippen LogP) is -1.29. The Morgan fingerprint density at radius 1 is 1.31 bits per heavy atom. The van der Waals surface area contributed by atoms with Crippen LogP contribution in [0.1, 0.15) is 5.56 Å². The molecule has 0 unspecified atom stereocenters. The average Bonchev–Trinajstić information content (AvgIpc) is 2.04. The first-order chi connectivity index (χ1) is 6.00. The third kappa shape index (κ3) is 3.28.